The first kappa shape index (κ1) is 104. The molecule has 0 spiro atoms. The zero-order chi connectivity index (χ0) is 91.0. The van der Waals surface area contributed by atoms with Gasteiger partial charge in [0, 0.05) is 120 Å². The van der Waals surface area contributed by atoms with Crippen molar-refractivity contribution < 1.29 is 100 Å². The summed E-state index contributed by atoms with van der Waals surface area (Å²) in [6.45, 7) is 19.1. The van der Waals surface area contributed by atoms with Gasteiger partial charge < -0.3 is 30.2 Å². The second-order valence-electron chi connectivity index (χ2n) is 31.2. The molecule has 6 aromatic carbocycles. The normalized spacial score (nSPS) is 12.4. The molecule has 1 saturated carbocycles. The first-order valence-corrected chi connectivity index (χ1v) is 42.4. The number of ketones is 1. The van der Waals surface area contributed by atoms with Gasteiger partial charge in [-0.25, -0.2) is 9.78 Å². The summed E-state index contributed by atoms with van der Waals surface area (Å²) < 4.78 is 0. The molecule has 687 valence electrons. The van der Waals surface area contributed by atoms with Crippen LogP contribution >= 0.6 is 0 Å². The third-order valence-electron chi connectivity index (χ3n) is 21.0. The van der Waals surface area contributed by atoms with Crippen LogP contribution in [0.25, 0.3) is 103 Å². The fourth-order valence-electron chi connectivity index (χ4n) is 14.0. The number of para-hydroxylation sites is 1. The van der Waals surface area contributed by atoms with Gasteiger partial charge in [-0.1, -0.05) is 137 Å². The van der Waals surface area contributed by atoms with Crippen molar-refractivity contribution in [3.63, 3.8) is 0 Å². The summed E-state index contributed by atoms with van der Waals surface area (Å²) in [6.07, 6.45) is 27.7. The van der Waals surface area contributed by atoms with Crippen LogP contribution in [0.2, 0.25) is 0 Å². The van der Waals surface area contributed by atoms with E-state index in [1.807, 2.05) is 160 Å². The van der Waals surface area contributed by atoms with Gasteiger partial charge >= 0.3 is 26.1 Å². The number of rotatable bonds is 13. The average Bonchev–Trinajstić information content (AvgIpc) is 1.46. The largest absolute Gasteiger partial charge is 3.00 e. The van der Waals surface area contributed by atoms with Crippen LogP contribution in [0.5, 0.6) is 0 Å². The number of carboxylic acid groups (broad SMARTS) is 1. The molecule has 10 aromatic heterocycles. The van der Waals surface area contributed by atoms with Crippen LogP contribution in [0.4, 0.5) is 5.69 Å². The summed E-state index contributed by atoms with van der Waals surface area (Å²) in [6, 6.07) is 79.8. The minimum absolute atomic E-state index is 0. The molecule has 0 bridgehead atoms. The number of carbonyl (C=O) groups is 2. The van der Waals surface area contributed by atoms with Crippen molar-refractivity contribution >= 4 is 17.4 Å². The Morgan fingerprint density at radius 2 is 1.00 bits per heavy atom. The zero-order valence-electron chi connectivity index (χ0n) is 74.8. The number of anilines is 1. The standard InChI is InChI=1S/C20H17N4.C15H18N2.C14H9N4.C13H8N5.C12H7N6.C12H14N3.C10H13NO2.C5H8O2.4Ir/c1-5-13-7-3-11-17(15(13)9-1)19-21-23-20(24-22-19)18-12-4-8-14-6-2-10-16(14)18;1-3-7-14(8-4-1)16-11-12-17(13-16)15-9-5-2-6-10-15;1-3-7-11(8-4-1)13-15-17-14(18-16-13)12-9-5-2-6-10-12;1-2-6-10(7-3-1)12-15-17-13(18-16-12)11-8-4-5-9-14-11;1-3-7-13-9(5-1)11-15-17-12(18-16-11)10-6-2-4-8-14-10;1-12(2,3)9-4-5-10(13-8-9)11-6-7-14-15-11;1-5-6(2)8(4)11-9(7(5)3)10(12)13;1-4(6)3-5(2)7;;;;/h3-4,7-8,11H,1-2,5-6,9-10H2;1,3-4,7,11-13,15H,2,5-6,9-10H2;1-9H;1-6,8-9H;1-5,7-8H;4-8H,1-3H3;1-4H3,(H,12,13);3,6H,1-2H3;;;;/q-1;-2;4*-1;;;;;;+3. The van der Waals surface area contributed by atoms with Crippen LogP contribution < -0.4 is 10.00 Å². The van der Waals surface area contributed by atoms with E-state index in [0.717, 1.165) is 93.0 Å². The third kappa shape index (κ3) is 29.8. The number of aromatic carboxylic acids is 1. The molecule has 3 radical (unpaired) electrons. The molecular weight excluding hydrogens is 2400 g/mol. The van der Waals surface area contributed by atoms with E-state index in [0.29, 0.717) is 69.7 Å². The Morgan fingerprint density at radius 3 is 1.51 bits per heavy atom. The minimum Gasteiger partial charge on any atom is -0.574 e. The molecule has 1 aliphatic heterocycles. The molecule has 20 rings (SSSR count). The molecule has 16 aromatic rings. The average molecular weight is 2490 g/mol. The summed E-state index contributed by atoms with van der Waals surface area (Å²) in [7, 11) is 0. The van der Waals surface area contributed by atoms with E-state index in [2.05, 4.69) is 239 Å². The number of hydrogen-bond acceptors (Lipinski definition) is 27. The maximum absolute atomic E-state index is 10.8. The number of nitrogens with zero attached hydrogens (tertiary/aromatic N) is 25. The van der Waals surface area contributed by atoms with E-state index in [4.69, 9.17) is 10.2 Å². The Kier molecular flexibility index (Phi) is 41.1. The second-order valence-corrected chi connectivity index (χ2v) is 31.2. The van der Waals surface area contributed by atoms with Gasteiger partial charge in [0.15, 0.2) is 11.5 Å². The monoisotopic (exact) mass is 2490 g/mol. The van der Waals surface area contributed by atoms with E-state index in [-0.39, 0.29) is 103 Å². The van der Waals surface area contributed by atoms with Crippen LogP contribution in [-0.2, 0) is 116 Å². The molecule has 33 heteroatoms. The first-order valence-electron chi connectivity index (χ1n) is 42.4. The molecule has 0 amide bonds. The van der Waals surface area contributed by atoms with Gasteiger partial charge in [0.1, 0.15) is 34.7 Å². The van der Waals surface area contributed by atoms with Gasteiger partial charge in [-0.05, 0) is 173 Å². The summed E-state index contributed by atoms with van der Waals surface area (Å²) in [5.74, 6) is 2.80. The molecule has 134 heavy (non-hydrogen) atoms. The van der Waals surface area contributed by atoms with Crippen molar-refractivity contribution in [3.8, 4) is 103 Å². The number of aromatic nitrogens is 23. The molecule has 1 fully saturated rings. The third-order valence-corrected chi connectivity index (χ3v) is 21.0. The molecule has 0 saturated heterocycles. The Balaban J connectivity index is 0.000000174. The SMILES string of the molecule is CC(=O)C=C(C)O.CC(C)(C)c1ccc(-c2ccn[n-]2)nc1.Cc1nc(C(=O)O)c(C)c(C)c1C.[Ir+3].[Ir].[Ir].[Ir].[c-]1ccc2c(c1-c1nnc(-c3cccc4c3CCC4)nn1)CCC2.[c-]1ccccc1-c1nnc(-c2ccccc2)nn1.[c-]1ccccc1-c1nnc(-c2ccccn2)nn1.[c-]1ccccc1N1C=CN(C2CCCCC2)[CH-]1.[c-]1cccnc1-c1nnc(-c2ccccn2)nn1. The smallest absolute Gasteiger partial charge is 0.574 e. The fraction of sp³-hybridized carbons (Fsp3) is 0.218. The summed E-state index contributed by atoms with van der Waals surface area (Å²) >= 11 is 0. The Labute approximate surface area is 833 Å². The zero-order valence-corrected chi connectivity index (χ0v) is 84.4. The van der Waals surface area contributed by atoms with Crippen LogP contribution in [0.1, 0.15) is 140 Å². The maximum atomic E-state index is 10.8. The molecule has 0 atom stereocenters. The Bertz CT molecular complexity index is 5800. The van der Waals surface area contributed by atoms with E-state index < -0.39 is 5.97 Å². The van der Waals surface area contributed by atoms with Gasteiger partial charge in [0.05, 0.1) is 5.76 Å². The number of aliphatic hydroxyl groups excluding tert-OH is 1. The predicted molar refractivity (Wildman–Crippen MR) is 493 cm³/mol. The van der Waals surface area contributed by atoms with Crippen molar-refractivity contribution in [1.82, 2.24) is 122 Å². The van der Waals surface area contributed by atoms with E-state index >= 15 is 0 Å². The number of aryl methyl sites for hydroxylation is 3. The number of benzene rings is 6. The summed E-state index contributed by atoms with van der Waals surface area (Å²) in [5.41, 5.74) is 19.8. The Morgan fingerprint density at radius 1 is 0.455 bits per heavy atom. The van der Waals surface area contributed by atoms with Gasteiger partial charge in [-0.3, -0.25) is 24.7 Å². The number of fused-ring (bicyclic) bond motifs is 2. The first-order chi connectivity index (χ1) is 63.3. The van der Waals surface area contributed by atoms with Gasteiger partial charge in [0.25, 0.3) is 0 Å². The van der Waals surface area contributed by atoms with E-state index in [9.17, 15) is 9.59 Å². The molecule has 4 aliphatic rings. The fourth-order valence-corrected chi connectivity index (χ4v) is 14.0. The molecular formula is C101H94Ir4N25O4-4. The maximum Gasteiger partial charge on any atom is 3.00 e. The van der Waals surface area contributed by atoms with Crippen molar-refractivity contribution in [2.24, 2.45) is 0 Å². The van der Waals surface area contributed by atoms with Crippen LogP contribution in [0.3, 0.4) is 0 Å². The molecule has 0 unspecified atom stereocenters. The van der Waals surface area contributed by atoms with Crippen molar-refractivity contribution in [2.75, 3.05) is 4.90 Å². The van der Waals surface area contributed by atoms with Gasteiger partial charge in [-0.15, -0.1) is 154 Å². The topological polar surface area (TPSA) is 379 Å². The van der Waals surface area contributed by atoms with Crippen LogP contribution in [0, 0.1) is 64.7 Å². The van der Waals surface area contributed by atoms with Gasteiger partial charge in [0.2, 0.25) is 23.3 Å². The number of carboxylic acids is 1. The van der Waals surface area contributed by atoms with E-state index in [1.165, 1.54) is 92.7 Å². The van der Waals surface area contributed by atoms with E-state index in [1.54, 1.807) is 56.0 Å². The van der Waals surface area contributed by atoms with Crippen LogP contribution in [0.15, 0.2) is 255 Å². The Hall–Kier alpha value is -13.3. The quantitative estimate of drug-likeness (QED) is 0.0615. The summed E-state index contributed by atoms with van der Waals surface area (Å²) in [4.78, 5) is 46.1. The van der Waals surface area contributed by atoms with Crippen molar-refractivity contribution in [3.05, 3.63) is 348 Å². The second kappa shape index (κ2) is 52.8. The number of hydrogen-bond donors (Lipinski definition) is 2. The van der Waals surface area contributed by atoms with Gasteiger partial charge in [-0.2, -0.15) is 89.9 Å². The number of allylic oxidation sites excluding steroid dienone is 2. The molecule has 3 aliphatic carbocycles. The molecule has 29 nitrogen and oxygen atoms in total. The summed E-state index contributed by atoms with van der Waals surface area (Å²) in [5, 5.41) is 90.8. The molecule has 11 heterocycles. The van der Waals surface area contributed by atoms with Crippen LogP contribution in [-0.4, -0.2) is 145 Å². The van der Waals surface area contributed by atoms with Crippen molar-refractivity contribution in [2.45, 2.75) is 144 Å². The minimum atomic E-state index is -0.955. The van der Waals surface area contributed by atoms with Crippen molar-refractivity contribution in [1.29, 1.82) is 0 Å². The number of carbonyl (C=O) groups excluding carboxylic acids is 1. The number of aliphatic hydroxyl groups is 1. The predicted octanol–water partition coefficient (Wildman–Crippen LogP) is 17.7. The number of pyridine rings is 5. The molecule has 2 N–H and O–H groups in total.